The van der Waals surface area contributed by atoms with E-state index in [1.807, 2.05) is 24.4 Å². The number of hydrogen-bond donors (Lipinski definition) is 0. The molecule has 2 nitrogen and oxygen atoms in total. The van der Waals surface area contributed by atoms with E-state index in [1.165, 1.54) is 30.4 Å². The monoisotopic (exact) mass is 415 g/mol. The number of benzene rings is 3. The van der Waals surface area contributed by atoms with Crippen molar-refractivity contribution in [3.8, 4) is 11.1 Å². The van der Waals surface area contributed by atoms with Crippen LogP contribution in [0.2, 0.25) is 0 Å². The Morgan fingerprint density at radius 2 is 1.57 bits per heavy atom. The highest BCUT2D eigenvalue weighted by molar-refractivity contribution is 5.99. The van der Waals surface area contributed by atoms with E-state index in [-0.39, 0.29) is 18.3 Å². The molecular weight excluding hydrogens is 390 g/mol. The first kappa shape index (κ1) is 20.4. The molecule has 0 N–H and O–H groups in total. The highest BCUT2D eigenvalue weighted by Crippen LogP contribution is 2.30. The molecule has 0 atom stereocenters. The maximum absolute atomic E-state index is 12.0. The van der Waals surface area contributed by atoms with Gasteiger partial charge in [0.2, 0.25) is 5.91 Å². The van der Waals surface area contributed by atoms with Gasteiger partial charge >= 0.3 is 0 Å². The summed E-state index contributed by atoms with van der Waals surface area (Å²) in [7, 11) is 0. The third-order valence-electron chi connectivity index (χ3n) is 6.20. The van der Waals surface area contributed by atoms with Gasteiger partial charge in [-0.15, -0.1) is 12.4 Å². The fourth-order valence-corrected chi connectivity index (χ4v) is 4.59. The average molecular weight is 416 g/mol. The lowest BCUT2D eigenvalue weighted by atomic mass is 9.95. The molecule has 152 valence electrons. The van der Waals surface area contributed by atoms with Crippen LogP contribution < -0.4 is 4.90 Å². The van der Waals surface area contributed by atoms with Crippen molar-refractivity contribution in [3.05, 3.63) is 102 Å². The molecule has 1 aliphatic heterocycles. The molecule has 0 saturated carbocycles. The largest absolute Gasteiger partial charge is 0.288 e. The van der Waals surface area contributed by atoms with Gasteiger partial charge in [0.05, 0.1) is 0 Å². The van der Waals surface area contributed by atoms with E-state index in [9.17, 15) is 4.79 Å². The first-order chi connectivity index (χ1) is 14.3. The molecule has 0 fully saturated rings. The number of carbonyl (C=O) groups excluding carboxylic acids is 1. The number of nitrogens with zero attached hydrogens (tertiary/aromatic N) is 1. The van der Waals surface area contributed by atoms with E-state index in [0.29, 0.717) is 6.42 Å². The highest BCUT2D eigenvalue weighted by atomic mass is 35.5. The maximum Gasteiger partial charge on any atom is 0.234 e. The highest BCUT2D eigenvalue weighted by Gasteiger charge is 2.20. The van der Waals surface area contributed by atoms with Gasteiger partial charge < -0.3 is 0 Å². The van der Waals surface area contributed by atoms with E-state index >= 15 is 0 Å². The third-order valence-corrected chi connectivity index (χ3v) is 6.20. The molecule has 3 heteroatoms. The second-order valence-corrected chi connectivity index (χ2v) is 8.18. The van der Waals surface area contributed by atoms with Crippen LogP contribution in [-0.4, -0.2) is 5.91 Å². The van der Waals surface area contributed by atoms with Gasteiger partial charge in [0.1, 0.15) is 0 Å². The minimum absolute atomic E-state index is 0. The van der Waals surface area contributed by atoms with Crippen molar-refractivity contribution in [2.75, 3.05) is 4.90 Å². The molecular formula is C27H26ClNO. The summed E-state index contributed by atoms with van der Waals surface area (Å²) in [5.74, 6) is 0.904. The molecule has 3 aromatic carbocycles. The summed E-state index contributed by atoms with van der Waals surface area (Å²) in [5, 5.41) is 0. The summed E-state index contributed by atoms with van der Waals surface area (Å²) < 4.78 is 0. The summed E-state index contributed by atoms with van der Waals surface area (Å²) in [6, 6.07) is 26.0. The van der Waals surface area contributed by atoms with Gasteiger partial charge in [-0.2, -0.15) is 0 Å². The number of aryl methyl sites for hydroxylation is 1. The van der Waals surface area contributed by atoms with Crippen molar-refractivity contribution in [3.63, 3.8) is 0 Å². The van der Waals surface area contributed by atoms with Crippen LogP contribution in [0.15, 0.2) is 85.1 Å². The first-order valence-electron chi connectivity index (χ1n) is 10.5. The van der Waals surface area contributed by atoms with Crippen molar-refractivity contribution in [2.45, 2.75) is 32.1 Å². The smallest absolute Gasteiger partial charge is 0.234 e. The van der Waals surface area contributed by atoms with Gasteiger partial charge in [0, 0.05) is 18.3 Å². The summed E-state index contributed by atoms with van der Waals surface area (Å²) in [6.45, 7) is 0. The van der Waals surface area contributed by atoms with Gasteiger partial charge in [-0.25, -0.2) is 0 Å². The quantitative estimate of drug-likeness (QED) is 0.473. The molecule has 0 radical (unpaired) electrons. The second kappa shape index (κ2) is 8.89. The van der Waals surface area contributed by atoms with Crippen LogP contribution in [-0.2, 0) is 24.1 Å². The standard InChI is InChI=1S/C27H25NO.ClH/c29-27-9-4-16-28(27)26-8-3-7-25(19-26)22-14-12-20(13-15-22)10-11-21-17-23-5-1-2-6-24(23)18-21;/h1-8,12-16,19,21H,9-11,17-18H2;1H. The zero-order chi connectivity index (χ0) is 19.6. The number of hydrogen-bond acceptors (Lipinski definition) is 1. The molecule has 1 heterocycles. The lowest BCUT2D eigenvalue weighted by Crippen LogP contribution is -2.19. The predicted molar refractivity (Wildman–Crippen MR) is 126 cm³/mol. The molecule has 1 aliphatic carbocycles. The van der Waals surface area contributed by atoms with Crippen LogP contribution in [0.5, 0.6) is 0 Å². The summed E-state index contributed by atoms with van der Waals surface area (Å²) in [4.78, 5) is 13.7. The normalized spacial score (nSPS) is 15.3. The first-order valence-corrected chi connectivity index (χ1v) is 10.5. The van der Waals surface area contributed by atoms with Crippen molar-refractivity contribution < 1.29 is 4.79 Å². The van der Waals surface area contributed by atoms with Crippen molar-refractivity contribution >= 4 is 24.0 Å². The van der Waals surface area contributed by atoms with Gasteiger partial charge in [-0.1, -0.05) is 66.7 Å². The van der Waals surface area contributed by atoms with Crippen LogP contribution >= 0.6 is 12.4 Å². The van der Waals surface area contributed by atoms with Crippen molar-refractivity contribution in [1.29, 1.82) is 0 Å². The number of carbonyl (C=O) groups is 1. The molecule has 2 aliphatic rings. The predicted octanol–water partition coefficient (Wildman–Crippen LogP) is 6.37. The fourth-order valence-electron chi connectivity index (χ4n) is 4.59. The van der Waals surface area contributed by atoms with E-state index < -0.39 is 0 Å². The van der Waals surface area contributed by atoms with Gasteiger partial charge in [-0.05, 0) is 71.6 Å². The Morgan fingerprint density at radius 1 is 0.833 bits per heavy atom. The fraction of sp³-hybridized carbons (Fsp3) is 0.222. The number of fused-ring (bicyclic) bond motifs is 1. The molecule has 0 saturated heterocycles. The third kappa shape index (κ3) is 4.20. The minimum Gasteiger partial charge on any atom is -0.288 e. The molecule has 3 aromatic rings. The molecule has 0 unspecified atom stereocenters. The Hall–Kier alpha value is -2.84. The molecule has 0 aromatic heterocycles. The van der Waals surface area contributed by atoms with E-state index in [1.54, 1.807) is 16.0 Å². The lowest BCUT2D eigenvalue weighted by molar-refractivity contribution is -0.116. The van der Waals surface area contributed by atoms with E-state index in [4.69, 9.17) is 0 Å². The Labute approximate surface area is 184 Å². The minimum atomic E-state index is 0. The Morgan fingerprint density at radius 3 is 2.23 bits per heavy atom. The topological polar surface area (TPSA) is 20.3 Å². The molecule has 1 amide bonds. The number of amides is 1. The van der Waals surface area contributed by atoms with E-state index in [2.05, 4.69) is 60.7 Å². The zero-order valence-corrected chi connectivity index (χ0v) is 17.8. The van der Waals surface area contributed by atoms with Gasteiger partial charge in [0.15, 0.2) is 0 Å². The number of rotatable bonds is 5. The Bertz CT molecular complexity index is 1050. The van der Waals surface area contributed by atoms with Crippen LogP contribution in [0.3, 0.4) is 0 Å². The van der Waals surface area contributed by atoms with Crippen LogP contribution in [0.1, 0.15) is 29.5 Å². The van der Waals surface area contributed by atoms with Crippen LogP contribution in [0, 0.1) is 5.92 Å². The number of halogens is 1. The van der Waals surface area contributed by atoms with Gasteiger partial charge in [0.25, 0.3) is 0 Å². The Kier molecular flexibility index (Phi) is 6.06. The van der Waals surface area contributed by atoms with E-state index in [0.717, 1.165) is 23.6 Å². The van der Waals surface area contributed by atoms with Crippen molar-refractivity contribution in [1.82, 2.24) is 0 Å². The Balaban J connectivity index is 0.00000218. The summed E-state index contributed by atoms with van der Waals surface area (Å²) in [6.07, 6.45) is 9.10. The van der Waals surface area contributed by atoms with Crippen LogP contribution in [0.4, 0.5) is 5.69 Å². The molecule has 0 spiro atoms. The molecule has 0 bridgehead atoms. The summed E-state index contributed by atoms with van der Waals surface area (Å²) >= 11 is 0. The van der Waals surface area contributed by atoms with Crippen molar-refractivity contribution in [2.24, 2.45) is 5.92 Å². The maximum atomic E-state index is 12.0. The molecule has 5 rings (SSSR count). The SMILES string of the molecule is Cl.O=C1CC=CN1c1cccc(-c2ccc(CCC3Cc4ccccc4C3)cc2)c1. The number of anilines is 1. The summed E-state index contributed by atoms with van der Waals surface area (Å²) in [5.41, 5.74) is 7.76. The zero-order valence-electron chi connectivity index (χ0n) is 17.0. The average Bonchev–Trinajstić information content (AvgIpc) is 3.38. The van der Waals surface area contributed by atoms with Gasteiger partial charge in [-0.3, -0.25) is 9.69 Å². The second-order valence-electron chi connectivity index (χ2n) is 8.18. The lowest BCUT2D eigenvalue weighted by Gasteiger charge is -2.15. The van der Waals surface area contributed by atoms with Crippen LogP contribution in [0.25, 0.3) is 11.1 Å². The molecule has 30 heavy (non-hydrogen) atoms.